The van der Waals surface area contributed by atoms with Gasteiger partial charge in [0.05, 0.1) is 0 Å². The van der Waals surface area contributed by atoms with Crippen molar-refractivity contribution in [1.29, 1.82) is 0 Å². The van der Waals surface area contributed by atoms with E-state index in [9.17, 15) is 9.59 Å². The molecule has 4 heteroatoms. The molecule has 1 heterocycles. The van der Waals surface area contributed by atoms with E-state index in [1.54, 1.807) is 0 Å². The molecule has 4 nitrogen and oxygen atoms in total. The summed E-state index contributed by atoms with van der Waals surface area (Å²) in [5.74, 6) is 0.890. The molecule has 0 aromatic heterocycles. The van der Waals surface area contributed by atoms with Crippen molar-refractivity contribution in [3.05, 3.63) is 0 Å². The van der Waals surface area contributed by atoms with E-state index in [0.717, 1.165) is 25.7 Å². The molecule has 3 aliphatic rings. The highest BCUT2D eigenvalue weighted by molar-refractivity contribution is 5.93. The SMILES string of the molecule is CC(C1CCCC1)N1CCC(=O)NC2(CCCCC2)C1=O. The predicted molar refractivity (Wildman–Crippen MR) is 81.7 cm³/mol. The van der Waals surface area contributed by atoms with E-state index in [1.807, 2.05) is 4.90 Å². The monoisotopic (exact) mass is 292 g/mol. The fraction of sp³-hybridized carbons (Fsp3) is 0.882. The minimum absolute atomic E-state index is 0.0615. The third-order valence-corrected chi connectivity index (χ3v) is 5.91. The summed E-state index contributed by atoms with van der Waals surface area (Å²) >= 11 is 0. The average molecular weight is 292 g/mol. The van der Waals surface area contributed by atoms with Crippen LogP contribution in [-0.4, -0.2) is 34.8 Å². The first-order chi connectivity index (χ1) is 10.1. The molecule has 1 N–H and O–H groups in total. The molecule has 2 aliphatic carbocycles. The third kappa shape index (κ3) is 2.82. The van der Waals surface area contributed by atoms with Gasteiger partial charge in [0.25, 0.3) is 0 Å². The Morgan fingerprint density at radius 1 is 1.10 bits per heavy atom. The van der Waals surface area contributed by atoms with Gasteiger partial charge in [-0.15, -0.1) is 0 Å². The Labute approximate surface area is 127 Å². The number of rotatable bonds is 2. The van der Waals surface area contributed by atoms with Gasteiger partial charge < -0.3 is 10.2 Å². The van der Waals surface area contributed by atoms with E-state index in [4.69, 9.17) is 0 Å². The fourth-order valence-electron chi connectivity index (χ4n) is 4.56. The molecule has 1 aliphatic heterocycles. The first-order valence-electron chi connectivity index (χ1n) is 8.74. The van der Waals surface area contributed by atoms with Gasteiger partial charge in [0.2, 0.25) is 11.8 Å². The number of nitrogens with zero attached hydrogens (tertiary/aromatic N) is 1. The van der Waals surface area contributed by atoms with E-state index in [-0.39, 0.29) is 17.9 Å². The topological polar surface area (TPSA) is 49.4 Å². The molecule has 0 aromatic rings. The number of hydrogen-bond acceptors (Lipinski definition) is 2. The smallest absolute Gasteiger partial charge is 0.248 e. The van der Waals surface area contributed by atoms with Crippen molar-refractivity contribution >= 4 is 11.8 Å². The molecule has 0 radical (unpaired) electrons. The van der Waals surface area contributed by atoms with E-state index in [1.165, 1.54) is 32.1 Å². The lowest BCUT2D eigenvalue weighted by Gasteiger charge is -2.41. The van der Waals surface area contributed by atoms with Gasteiger partial charge in [-0.1, -0.05) is 32.1 Å². The molecule has 1 atom stereocenters. The van der Waals surface area contributed by atoms with Crippen molar-refractivity contribution in [3.63, 3.8) is 0 Å². The number of nitrogens with one attached hydrogen (secondary N) is 1. The van der Waals surface area contributed by atoms with Crippen molar-refractivity contribution in [1.82, 2.24) is 10.2 Å². The number of amides is 2. The van der Waals surface area contributed by atoms with Crippen LogP contribution in [0.1, 0.15) is 71.1 Å². The van der Waals surface area contributed by atoms with Crippen LogP contribution in [0.3, 0.4) is 0 Å². The zero-order valence-corrected chi connectivity index (χ0v) is 13.2. The molecule has 118 valence electrons. The molecular weight excluding hydrogens is 264 g/mol. The van der Waals surface area contributed by atoms with Crippen LogP contribution >= 0.6 is 0 Å². The van der Waals surface area contributed by atoms with Crippen molar-refractivity contribution in [2.75, 3.05) is 6.54 Å². The maximum atomic E-state index is 13.2. The Bertz CT molecular complexity index is 409. The Kier molecular flexibility index (Phi) is 4.23. The van der Waals surface area contributed by atoms with Crippen LogP contribution < -0.4 is 5.32 Å². The summed E-state index contributed by atoms with van der Waals surface area (Å²) in [5, 5.41) is 3.09. The highest BCUT2D eigenvalue weighted by atomic mass is 16.2. The normalized spacial score (nSPS) is 28.5. The van der Waals surface area contributed by atoms with Crippen molar-refractivity contribution in [3.8, 4) is 0 Å². The molecular formula is C17H28N2O2. The molecule has 3 rings (SSSR count). The molecule has 21 heavy (non-hydrogen) atoms. The van der Waals surface area contributed by atoms with Gasteiger partial charge in [-0.25, -0.2) is 0 Å². The minimum atomic E-state index is -0.585. The quantitative estimate of drug-likeness (QED) is 0.850. The molecule has 1 spiro atoms. The van der Waals surface area contributed by atoms with Gasteiger partial charge in [-0.05, 0) is 38.5 Å². The minimum Gasteiger partial charge on any atom is -0.342 e. The van der Waals surface area contributed by atoms with Crippen LogP contribution in [0.2, 0.25) is 0 Å². The van der Waals surface area contributed by atoms with Gasteiger partial charge in [0, 0.05) is 19.0 Å². The number of carbonyl (C=O) groups excluding carboxylic acids is 2. The molecule has 0 aromatic carbocycles. The summed E-state index contributed by atoms with van der Waals surface area (Å²) in [6.45, 7) is 2.80. The highest BCUT2D eigenvalue weighted by Gasteiger charge is 2.46. The van der Waals surface area contributed by atoms with Crippen LogP contribution in [0.5, 0.6) is 0 Å². The zero-order chi connectivity index (χ0) is 14.9. The lowest BCUT2D eigenvalue weighted by Crippen LogP contribution is -2.60. The second kappa shape index (κ2) is 5.98. The number of carbonyl (C=O) groups is 2. The molecule has 0 bridgehead atoms. The second-order valence-corrected chi connectivity index (χ2v) is 7.22. The van der Waals surface area contributed by atoms with Crippen LogP contribution in [0.4, 0.5) is 0 Å². The number of hydrogen-bond donors (Lipinski definition) is 1. The Hall–Kier alpha value is -1.06. The standard InChI is InChI=1S/C17H28N2O2/c1-13(14-7-3-4-8-14)19-12-9-15(20)18-17(16(19)21)10-5-2-6-11-17/h13-14H,2-12H2,1H3,(H,18,20). The van der Waals surface area contributed by atoms with Crippen LogP contribution in [0.25, 0.3) is 0 Å². The summed E-state index contributed by atoms with van der Waals surface area (Å²) in [6, 6.07) is 0.284. The molecule has 1 saturated heterocycles. The van der Waals surface area contributed by atoms with Gasteiger partial charge in [-0.2, -0.15) is 0 Å². The molecule has 3 fully saturated rings. The van der Waals surface area contributed by atoms with E-state index in [2.05, 4.69) is 12.2 Å². The van der Waals surface area contributed by atoms with Crippen LogP contribution in [0.15, 0.2) is 0 Å². The summed E-state index contributed by atoms with van der Waals surface area (Å²) < 4.78 is 0. The Morgan fingerprint density at radius 3 is 2.43 bits per heavy atom. The van der Waals surface area contributed by atoms with Gasteiger partial charge in [-0.3, -0.25) is 9.59 Å². The first kappa shape index (κ1) is 14.9. The Balaban J connectivity index is 1.82. The molecule has 1 unspecified atom stereocenters. The van der Waals surface area contributed by atoms with Gasteiger partial charge in [0.1, 0.15) is 5.54 Å². The zero-order valence-electron chi connectivity index (χ0n) is 13.2. The predicted octanol–water partition coefficient (Wildman–Crippen LogP) is 2.62. The molecule has 2 saturated carbocycles. The average Bonchev–Trinajstić information content (AvgIpc) is 2.98. The lowest BCUT2D eigenvalue weighted by molar-refractivity contribution is -0.143. The van der Waals surface area contributed by atoms with Crippen molar-refractivity contribution in [2.45, 2.75) is 82.7 Å². The first-order valence-corrected chi connectivity index (χ1v) is 8.74. The van der Waals surface area contributed by atoms with Crippen molar-refractivity contribution in [2.24, 2.45) is 5.92 Å². The third-order valence-electron chi connectivity index (χ3n) is 5.91. The second-order valence-electron chi connectivity index (χ2n) is 7.22. The van der Waals surface area contributed by atoms with Crippen molar-refractivity contribution < 1.29 is 9.59 Å². The largest absolute Gasteiger partial charge is 0.342 e. The summed E-state index contributed by atoms with van der Waals surface area (Å²) in [4.78, 5) is 27.3. The van der Waals surface area contributed by atoms with E-state index >= 15 is 0 Å². The maximum absolute atomic E-state index is 13.2. The van der Waals surface area contributed by atoms with Gasteiger partial charge >= 0.3 is 0 Å². The maximum Gasteiger partial charge on any atom is 0.248 e. The summed E-state index contributed by atoms with van der Waals surface area (Å²) in [5.41, 5.74) is -0.585. The van der Waals surface area contributed by atoms with Crippen LogP contribution in [0, 0.1) is 5.92 Å². The fourth-order valence-corrected chi connectivity index (χ4v) is 4.56. The Morgan fingerprint density at radius 2 is 1.76 bits per heavy atom. The summed E-state index contributed by atoms with van der Waals surface area (Å²) in [7, 11) is 0. The van der Waals surface area contributed by atoms with Crippen LogP contribution in [-0.2, 0) is 9.59 Å². The van der Waals surface area contributed by atoms with E-state index < -0.39 is 5.54 Å². The lowest BCUT2D eigenvalue weighted by atomic mass is 9.80. The molecule has 2 amide bonds. The highest BCUT2D eigenvalue weighted by Crippen LogP contribution is 2.35. The summed E-state index contributed by atoms with van der Waals surface area (Å²) in [6.07, 6.45) is 10.5. The van der Waals surface area contributed by atoms with E-state index in [0.29, 0.717) is 18.9 Å². The van der Waals surface area contributed by atoms with Gasteiger partial charge in [0.15, 0.2) is 0 Å².